The summed E-state index contributed by atoms with van der Waals surface area (Å²) in [4.78, 5) is 1.59. The summed E-state index contributed by atoms with van der Waals surface area (Å²) in [6, 6.07) is 37.8. The smallest absolute Gasteiger partial charge is 0.147 e. The highest BCUT2D eigenvalue weighted by Crippen LogP contribution is 2.43. The lowest BCUT2D eigenvalue weighted by molar-refractivity contribution is 0.618. The maximum absolute atomic E-state index is 15.4. The molecule has 0 saturated heterocycles. The summed E-state index contributed by atoms with van der Waals surface area (Å²) in [5.41, 5.74) is 6.32. The van der Waals surface area contributed by atoms with E-state index in [9.17, 15) is 4.39 Å². The average molecular weight is 448 g/mol. The predicted molar refractivity (Wildman–Crippen MR) is 137 cm³/mol. The molecule has 0 amide bonds. The first kappa shape index (κ1) is 21.6. The van der Waals surface area contributed by atoms with Gasteiger partial charge in [-0.2, -0.15) is 0 Å². The molecule has 0 aliphatic rings. The third-order valence-electron chi connectivity index (χ3n) is 6.04. The summed E-state index contributed by atoms with van der Waals surface area (Å²) < 4.78 is 30.1. The van der Waals surface area contributed by atoms with E-state index >= 15 is 4.39 Å². The van der Waals surface area contributed by atoms with Gasteiger partial charge in [-0.05, 0) is 46.0 Å². The summed E-state index contributed by atoms with van der Waals surface area (Å²) >= 11 is 0. The Kier molecular flexibility index (Phi) is 5.92. The molecule has 0 bridgehead atoms. The average Bonchev–Trinajstić information content (AvgIpc) is 2.89. The van der Waals surface area contributed by atoms with Crippen LogP contribution in [0.4, 0.5) is 20.2 Å². The van der Waals surface area contributed by atoms with Crippen LogP contribution in [0.1, 0.15) is 0 Å². The topological polar surface area (TPSA) is 3.24 Å². The Balaban J connectivity index is 1.69. The van der Waals surface area contributed by atoms with Crippen LogP contribution in [0.15, 0.2) is 121 Å². The SMILES string of the molecule is CN(c1ccccc1F)c1c(F)ccc(-c2ccc(-c3ccccc3)cc2)c1-c1ccccc1. The number of hydrogen-bond acceptors (Lipinski definition) is 1. The van der Waals surface area contributed by atoms with E-state index in [2.05, 4.69) is 36.4 Å². The molecule has 0 unspecified atom stereocenters. The predicted octanol–water partition coefficient (Wildman–Crippen LogP) is 8.73. The van der Waals surface area contributed by atoms with Gasteiger partial charge in [0.25, 0.3) is 0 Å². The number of halogens is 2. The Hall–Kier alpha value is -4.24. The van der Waals surface area contributed by atoms with E-state index < -0.39 is 11.6 Å². The van der Waals surface area contributed by atoms with Crippen molar-refractivity contribution in [3.63, 3.8) is 0 Å². The van der Waals surface area contributed by atoms with E-state index in [0.29, 0.717) is 11.4 Å². The zero-order valence-corrected chi connectivity index (χ0v) is 18.8. The molecular formula is C31H23F2N. The van der Waals surface area contributed by atoms with Crippen LogP contribution in [-0.2, 0) is 0 Å². The van der Waals surface area contributed by atoms with Crippen LogP contribution in [-0.4, -0.2) is 7.05 Å². The van der Waals surface area contributed by atoms with Gasteiger partial charge in [0.1, 0.15) is 11.6 Å². The number of para-hydroxylation sites is 1. The number of rotatable bonds is 5. The molecule has 1 nitrogen and oxygen atoms in total. The van der Waals surface area contributed by atoms with Gasteiger partial charge in [0.2, 0.25) is 0 Å². The molecule has 5 aromatic carbocycles. The second-order valence-corrected chi connectivity index (χ2v) is 8.14. The van der Waals surface area contributed by atoms with E-state index in [0.717, 1.165) is 33.4 Å². The van der Waals surface area contributed by atoms with Crippen LogP contribution >= 0.6 is 0 Å². The fourth-order valence-corrected chi connectivity index (χ4v) is 4.35. The quantitative estimate of drug-likeness (QED) is 0.260. The van der Waals surface area contributed by atoms with Crippen molar-refractivity contribution in [2.24, 2.45) is 0 Å². The highest BCUT2D eigenvalue weighted by Gasteiger charge is 2.22. The van der Waals surface area contributed by atoms with Gasteiger partial charge in [-0.15, -0.1) is 0 Å². The Morgan fingerprint density at radius 1 is 0.471 bits per heavy atom. The van der Waals surface area contributed by atoms with Crippen LogP contribution in [0.3, 0.4) is 0 Å². The van der Waals surface area contributed by atoms with Gasteiger partial charge in [-0.3, -0.25) is 0 Å². The molecule has 0 radical (unpaired) electrons. The van der Waals surface area contributed by atoms with Crippen molar-refractivity contribution in [1.29, 1.82) is 0 Å². The van der Waals surface area contributed by atoms with Crippen molar-refractivity contribution >= 4 is 11.4 Å². The third-order valence-corrected chi connectivity index (χ3v) is 6.04. The molecule has 0 heterocycles. The molecule has 0 aliphatic heterocycles. The first-order valence-electron chi connectivity index (χ1n) is 11.2. The van der Waals surface area contributed by atoms with Gasteiger partial charge in [0, 0.05) is 12.6 Å². The van der Waals surface area contributed by atoms with Crippen LogP contribution in [0.2, 0.25) is 0 Å². The number of hydrogen-bond donors (Lipinski definition) is 0. The normalized spacial score (nSPS) is 10.8. The van der Waals surface area contributed by atoms with Crippen LogP contribution in [0, 0.1) is 11.6 Å². The van der Waals surface area contributed by atoms with Gasteiger partial charge in [-0.25, -0.2) is 8.78 Å². The summed E-state index contributed by atoms with van der Waals surface area (Å²) in [6.45, 7) is 0. The fraction of sp³-hybridized carbons (Fsp3) is 0.0323. The number of benzene rings is 5. The fourth-order valence-electron chi connectivity index (χ4n) is 4.35. The summed E-state index contributed by atoms with van der Waals surface area (Å²) in [5.74, 6) is -0.810. The first-order chi connectivity index (χ1) is 16.6. The third kappa shape index (κ3) is 4.08. The van der Waals surface area contributed by atoms with E-state index in [-0.39, 0.29) is 0 Å². The zero-order valence-electron chi connectivity index (χ0n) is 18.8. The van der Waals surface area contributed by atoms with Gasteiger partial charge in [0.15, 0.2) is 0 Å². The molecule has 0 spiro atoms. The molecule has 166 valence electrons. The lowest BCUT2D eigenvalue weighted by atomic mass is 9.91. The maximum Gasteiger partial charge on any atom is 0.147 e. The van der Waals surface area contributed by atoms with Gasteiger partial charge >= 0.3 is 0 Å². The van der Waals surface area contributed by atoms with Gasteiger partial charge in [-0.1, -0.05) is 103 Å². The molecule has 5 aromatic rings. The van der Waals surface area contributed by atoms with Crippen LogP contribution in [0.5, 0.6) is 0 Å². The van der Waals surface area contributed by atoms with Crippen LogP contribution < -0.4 is 4.90 Å². The molecule has 34 heavy (non-hydrogen) atoms. The Morgan fingerprint density at radius 3 is 1.65 bits per heavy atom. The Labute approximate surface area is 198 Å². The van der Waals surface area contributed by atoms with Crippen molar-refractivity contribution in [1.82, 2.24) is 0 Å². The molecule has 3 heteroatoms. The number of anilines is 2. The highest BCUT2D eigenvalue weighted by molar-refractivity contribution is 5.94. The van der Waals surface area contributed by atoms with Crippen molar-refractivity contribution in [3.05, 3.63) is 133 Å². The lowest BCUT2D eigenvalue weighted by Gasteiger charge is -2.26. The Bertz CT molecular complexity index is 1410. The van der Waals surface area contributed by atoms with Crippen molar-refractivity contribution in [2.75, 3.05) is 11.9 Å². The zero-order chi connectivity index (χ0) is 23.5. The van der Waals surface area contributed by atoms with Crippen molar-refractivity contribution in [3.8, 4) is 33.4 Å². The second kappa shape index (κ2) is 9.32. The van der Waals surface area contributed by atoms with Crippen LogP contribution in [0.25, 0.3) is 33.4 Å². The molecule has 0 aliphatic carbocycles. The summed E-state index contributed by atoms with van der Waals surface area (Å²) in [7, 11) is 1.70. The molecule has 0 saturated carbocycles. The van der Waals surface area contributed by atoms with E-state index in [1.807, 2.05) is 48.5 Å². The lowest BCUT2D eigenvalue weighted by Crippen LogP contribution is -2.14. The molecule has 0 atom stereocenters. The van der Waals surface area contributed by atoms with Gasteiger partial charge in [0.05, 0.1) is 11.4 Å². The summed E-state index contributed by atoms with van der Waals surface area (Å²) in [5, 5.41) is 0. The molecule has 0 N–H and O–H groups in total. The molecular weight excluding hydrogens is 424 g/mol. The van der Waals surface area contributed by atoms with Crippen molar-refractivity contribution in [2.45, 2.75) is 0 Å². The second-order valence-electron chi connectivity index (χ2n) is 8.14. The minimum Gasteiger partial charge on any atom is -0.339 e. The Morgan fingerprint density at radius 2 is 1.00 bits per heavy atom. The monoisotopic (exact) mass is 447 g/mol. The largest absolute Gasteiger partial charge is 0.339 e. The minimum absolute atomic E-state index is 0.315. The standard InChI is InChI=1S/C31H23F2N/c1-34(29-15-9-8-14-27(29)32)31-28(33)21-20-26(30(31)25-12-6-3-7-13-25)24-18-16-23(17-19-24)22-10-4-2-5-11-22/h2-21H,1H3. The first-order valence-corrected chi connectivity index (χ1v) is 11.2. The molecule has 0 aromatic heterocycles. The highest BCUT2D eigenvalue weighted by atomic mass is 19.1. The number of nitrogens with zero attached hydrogens (tertiary/aromatic N) is 1. The maximum atomic E-state index is 15.4. The summed E-state index contributed by atoms with van der Waals surface area (Å²) in [6.07, 6.45) is 0. The van der Waals surface area contributed by atoms with Gasteiger partial charge < -0.3 is 4.90 Å². The van der Waals surface area contributed by atoms with E-state index in [4.69, 9.17) is 0 Å². The van der Waals surface area contributed by atoms with Crippen molar-refractivity contribution < 1.29 is 8.78 Å². The molecule has 5 rings (SSSR count). The minimum atomic E-state index is -0.408. The van der Waals surface area contributed by atoms with E-state index in [1.54, 1.807) is 36.2 Å². The van der Waals surface area contributed by atoms with E-state index in [1.165, 1.54) is 12.1 Å². The molecule has 0 fully saturated rings.